The average molecular weight is 332 g/mol. The summed E-state index contributed by atoms with van der Waals surface area (Å²) >= 11 is 2.21. The molecule has 3 nitrogen and oxygen atoms in total. The van der Waals surface area contributed by atoms with Gasteiger partial charge < -0.3 is 10.2 Å². The maximum Gasteiger partial charge on any atom is 0.251 e. The first-order valence-electron chi connectivity index (χ1n) is 5.28. The summed E-state index contributed by atoms with van der Waals surface area (Å²) in [5.41, 5.74) is 0.733. The smallest absolute Gasteiger partial charge is 0.251 e. The Kier molecular flexibility index (Phi) is 5.76. The monoisotopic (exact) mass is 332 g/mol. The van der Waals surface area contributed by atoms with Crippen LogP contribution in [0, 0.1) is 3.57 Å². The molecule has 1 N–H and O–H groups in total. The van der Waals surface area contributed by atoms with Crippen molar-refractivity contribution in [2.75, 3.05) is 27.2 Å². The number of benzene rings is 1. The molecular weight excluding hydrogens is 315 g/mol. The summed E-state index contributed by atoms with van der Waals surface area (Å²) in [6.07, 6.45) is 0.975. The van der Waals surface area contributed by atoms with E-state index in [1.807, 2.05) is 38.4 Å². The summed E-state index contributed by atoms with van der Waals surface area (Å²) in [5.74, 6) is 0.0114. The summed E-state index contributed by atoms with van der Waals surface area (Å²) in [6.45, 7) is 1.72. The van der Waals surface area contributed by atoms with Crippen molar-refractivity contribution in [3.05, 3.63) is 33.4 Å². The van der Waals surface area contributed by atoms with Crippen LogP contribution < -0.4 is 5.32 Å². The summed E-state index contributed by atoms with van der Waals surface area (Å²) in [7, 11) is 4.06. The van der Waals surface area contributed by atoms with Crippen LogP contribution in [0.4, 0.5) is 0 Å². The fourth-order valence-electron chi connectivity index (χ4n) is 1.33. The van der Waals surface area contributed by atoms with Crippen molar-refractivity contribution in [1.29, 1.82) is 0 Å². The fourth-order valence-corrected chi connectivity index (χ4v) is 1.87. The molecule has 0 aromatic heterocycles. The summed E-state index contributed by atoms with van der Waals surface area (Å²) < 4.78 is 1.08. The Morgan fingerprint density at radius 2 is 2.19 bits per heavy atom. The number of nitrogens with zero attached hydrogens (tertiary/aromatic N) is 1. The molecule has 0 saturated heterocycles. The lowest BCUT2D eigenvalue weighted by atomic mass is 10.2. The number of rotatable bonds is 5. The summed E-state index contributed by atoms with van der Waals surface area (Å²) in [4.78, 5) is 13.8. The third kappa shape index (κ3) is 4.94. The van der Waals surface area contributed by atoms with Crippen LogP contribution in [0.25, 0.3) is 0 Å². The molecule has 0 heterocycles. The molecule has 0 radical (unpaired) electrons. The Hall–Kier alpha value is -0.620. The Labute approximate surface area is 110 Å². The van der Waals surface area contributed by atoms with Crippen molar-refractivity contribution in [3.8, 4) is 0 Å². The molecule has 0 aliphatic heterocycles. The van der Waals surface area contributed by atoms with Gasteiger partial charge in [0.05, 0.1) is 0 Å². The van der Waals surface area contributed by atoms with Crippen LogP contribution in [0.2, 0.25) is 0 Å². The van der Waals surface area contributed by atoms with Gasteiger partial charge in [-0.25, -0.2) is 0 Å². The Morgan fingerprint density at radius 3 is 2.81 bits per heavy atom. The zero-order valence-electron chi connectivity index (χ0n) is 9.66. The van der Waals surface area contributed by atoms with E-state index in [1.54, 1.807) is 0 Å². The molecule has 1 rings (SSSR count). The van der Waals surface area contributed by atoms with Crippen molar-refractivity contribution >= 4 is 28.5 Å². The second-order valence-corrected chi connectivity index (χ2v) is 5.17. The van der Waals surface area contributed by atoms with Crippen molar-refractivity contribution in [1.82, 2.24) is 10.2 Å². The normalized spacial score (nSPS) is 10.5. The van der Waals surface area contributed by atoms with Gasteiger partial charge in [0.15, 0.2) is 0 Å². The van der Waals surface area contributed by atoms with Crippen LogP contribution in [0.5, 0.6) is 0 Å². The van der Waals surface area contributed by atoms with E-state index in [-0.39, 0.29) is 5.91 Å². The molecule has 0 aliphatic carbocycles. The first-order chi connectivity index (χ1) is 7.59. The second kappa shape index (κ2) is 6.85. The van der Waals surface area contributed by atoms with Gasteiger partial charge in [-0.3, -0.25) is 4.79 Å². The number of hydrogen-bond donors (Lipinski definition) is 1. The third-order valence-electron chi connectivity index (χ3n) is 2.15. The van der Waals surface area contributed by atoms with Gasteiger partial charge in [-0.15, -0.1) is 0 Å². The highest BCUT2D eigenvalue weighted by atomic mass is 127. The van der Waals surface area contributed by atoms with Gasteiger partial charge in [0.2, 0.25) is 0 Å². The number of carbonyl (C=O) groups is 1. The minimum absolute atomic E-state index is 0.0114. The first kappa shape index (κ1) is 13.4. The molecule has 0 fully saturated rings. The quantitative estimate of drug-likeness (QED) is 0.661. The molecule has 0 bridgehead atoms. The van der Waals surface area contributed by atoms with E-state index in [0.29, 0.717) is 0 Å². The second-order valence-electron chi connectivity index (χ2n) is 3.92. The van der Waals surface area contributed by atoms with Crippen LogP contribution in [0.3, 0.4) is 0 Å². The van der Waals surface area contributed by atoms with Crippen LogP contribution in [0.1, 0.15) is 16.8 Å². The number of nitrogens with one attached hydrogen (secondary N) is 1. The van der Waals surface area contributed by atoms with Gasteiger partial charge in [-0.2, -0.15) is 0 Å². The number of carbonyl (C=O) groups excluding carboxylic acids is 1. The lowest BCUT2D eigenvalue weighted by Gasteiger charge is -2.09. The van der Waals surface area contributed by atoms with E-state index in [1.165, 1.54) is 0 Å². The minimum atomic E-state index is 0.0114. The first-order valence-corrected chi connectivity index (χ1v) is 6.36. The van der Waals surface area contributed by atoms with Crippen molar-refractivity contribution in [3.63, 3.8) is 0 Å². The minimum Gasteiger partial charge on any atom is -0.352 e. The Balaban J connectivity index is 2.35. The number of amides is 1. The van der Waals surface area contributed by atoms with Crippen molar-refractivity contribution in [2.45, 2.75) is 6.42 Å². The number of halogens is 1. The SMILES string of the molecule is CN(C)CCCNC(=O)c1cccc(I)c1. The lowest BCUT2D eigenvalue weighted by Crippen LogP contribution is -2.27. The molecule has 16 heavy (non-hydrogen) atoms. The van der Waals surface area contributed by atoms with Gasteiger partial charge in [0.1, 0.15) is 0 Å². The van der Waals surface area contributed by atoms with Gasteiger partial charge in [0, 0.05) is 15.7 Å². The third-order valence-corrected chi connectivity index (χ3v) is 2.83. The highest BCUT2D eigenvalue weighted by Gasteiger charge is 2.04. The van der Waals surface area contributed by atoms with E-state index < -0.39 is 0 Å². The Bertz CT molecular complexity index is 353. The van der Waals surface area contributed by atoms with Crippen LogP contribution in [-0.4, -0.2) is 38.0 Å². The molecule has 1 amide bonds. The molecule has 4 heteroatoms. The van der Waals surface area contributed by atoms with Crippen LogP contribution in [0.15, 0.2) is 24.3 Å². The highest BCUT2D eigenvalue weighted by molar-refractivity contribution is 14.1. The molecule has 0 spiro atoms. The zero-order chi connectivity index (χ0) is 12.0. The summed E-state index contributed by atoms with van der Waals surface area (Å²) in [6, 6.07) is 7.60. The van der Waals surface area contributed by atoms with E-state index >= 15 is 0 Å². The van der Waals surface area contributed by atoms with Gasteiger partial charge >= 0.3 is 0 Å². The molecule has 0 atom stereocenters. The van der Waals surface area contributed by atoms with E-state index in [4.69, 9.17) is 0 Å². The van der Waals surface area contributed by atoms with Gasteiger partial charge in [-0.1, -0.05) is 6.07 Å². The largest absolute Gasteiger partial charge is 0.352 e. The maximum atomic E-state index is 11.7. The predicted octanol–water partition coefficient (Wildman–Crippen LogP) is 1.97. The molecule has 0 saturated carbocycles. The highest BCUT2D eigenvalue weighted by Crippen LogP contribution is 2.07. The predicted molar refractivity (Wildman–Crippen MR) is 74.7 cm³/mol. The molecule has 88 valence electrons. The van der Waals surface area contributed by atoms with Crippen LogP contribution >= 0.6 is 22.6 Å². The number of hydrogen-bond acceptors (Lipinski definition) is 2. The topological polar surface area (TPSA) is 32.3 Å². The molecule has 0 unspecified atom stereocenters. The van der Waals surface area contributed by atoms with E-state index in [2.05, 4.69) is 32.8 Å². The van der Waals surface area contributed by atoms with Gasteiger partial charge in [0.25, 0.3) is 5.91 Å². The molecule has 1 aromatic rings. The van der Waals surface area contributed by atoms with Crippen LogP contribution in [-0.2, 0) is 0 Å². The fraction of sp³-hybridized carbons (Fsp3) is 0.417. The average Bonchev–Trinajstić information content (AvgIpc) is 2.24. The standard InChI is InChI=1S/C12H17IN2O/c1-15(2)8-4-7-14-12(16)10-5-3-6-11(13)9-10/h3,5-6,9H,4,7-8H2,1-2H3,(H,14,16). The van der Waals surface area contributed by atoms with Crippen molar-refractivity contribution in [2.24, 2.45) is 0 Å². The maximum absolute atomic E-state index is 11.7. The molecule has 0 aliphatic rings. The Morgan fingerprint density at radius 1 is 1.44 bits per heavy atom. The van der Waals surface area contributed by atoms with E-state index in [0.717, 1.165) is 28.6 Å². The molecule has 1 aromatic carbocycles. The van der Waals surface area contributed by atoms with E-state index in [9.17, 15) is 4.79 Å². The zero-order valence-corrected chi connectivity index (χ0v) is 11.8. The lowest BCUT2D eigenvalue weighted by molar-refractivity contribution is 0.0952. The summed E-state index contributed by atoms with van der Waals surface area (Å²) in [5, 5.41) is 2.91. The van der Waals surface area contributed by atoms with Gasteiger partial charge in [-0.05, 0) is 67.9 Å². The molecular formula is C12H17IN2O. The van der Waals surface area contributed by atoms with Crippen molar-refractivity contribution < 1.29 is 4.79 Å².